The van der Waals surface area contributed by atoms with Crippen molar-refractivity contribution >= 4 is 23.9 Å². The number of esters is 1. The van der Waals surface area contributed by atoms with Crippen LogP contribution in [0.2, 0.25) is 0 Å². The molecule has 1 aromatic carbocycles. The van der Waals surface area contributed by atoms with Gasteiger partial charge in [0.15, 0.2) is 0 Å². The molecule has 0 fully saturated rings. The van der Waals surface area contributed by atoms with Gasteiger partial charge in [-0.15, -0.1) is 0 Å². The van der Waals surface area contributed by atoms with Crippen molar-refractivity contribution in [2.75, 3.05) is 13.7 Å². The van der Waals surface area contributed by atoms with E-state index in [1.165, 1.54) is 12.0 Å². The minimum atomic E-state index is -1.31. The highest BCUT2D eigenvalue weighted by molar-refractivity contribution is 5.94. The van der Waals surface area contributed by atoms with E-state index in [0.29, 0.717) is 12.0 Å². The molecule has 38 heavy (non-hydrogen) atoms. The predicted octanol–water partition coefficient (Wildman–Crippen LogP) is 3.99. The Morgan fingerprint density at radius 1 is 1.08 bits per heavy atom. The van der Waals surface area contributed by atoms with E-state index in [1.807, 2.05) is 20.8 Å². The molecule has 0 aromatic heterocycles. The zero-order valence-electron chi connectivity index (χ0n) is 24.4. The van der Waals surface area contributed by atoms with Gasteiger partial charge in [0.25, 0.3) is 0 Å². The molecule has 3 N–H and O–H groups in total. The first-order valence-corrected chi connectivity index (χ1v) is 12.9. The third kappa shape index (κ3) is 9.22. The number of hydrogen-bond donors (Lipinski definition) is 3. The molecule has 214 valence electrons. The molecule has 10 nitrogen and oxygen atoms in total. The molecule has 3 amide bonds. The SMILES string of the molecule is CCC(C)(C)N(C(=O)C(CC(C)C)NC(=O)OC(C)(C)C)C(C(=O)NCC(=O)OC)c1cccc(C)c1O. The van der Waals surface area contributed by atoms with Crippen molar-refractivity contribution in [2.24, 2.45) is 5.92 Å². The second-order valence-electron chi connectivity index (χ2n) is 11.4. The Morgan fingerprint density at radius 2 is 1.68 bits per heavy atom. The Morgan fingerprint density at radius 3 is 2.18 bits per heavy atom. The number of phenolic OH excluding ortho intramolecular Hbond substituents is 1. The van der Waals surface area contributed by atoms with Gasteiger partial charge < -0.3 is 30.1 Å². The standard InChI is InChI=1S/C28H45N3O7/c1-11-28(8,9)31(25(35)20(15-17(2)3)30-26(36)38-27(5,6)7)22(24(34)29-16-21(32)37-10)19-14-12-13-18(4)23(19)33/h12-14,17,20,22,33H,11,15-16H2,1-10H3,(H,29,34)(H,30,36). The first kappa shape index (κ1) is 32.7. The quantitative estimate of drug-likeness (QED) is 0.365. The summed E-state index contributed by atoms with van der Waals surface area (Å²) in [5, 5.41) is 16.2. The van der Waals surface area contributed by atoms with Crippen LogP contribution in [0.15, 0.2) is 18.2 Å². The Hall–Kier alpha value is -3.30. The van der Waals surface area contributed by atoms with Gasteiger partial charge >= 0.3 is 12.1 Å². The molecule has 0 aliphatic heterocycles. The van der Waals surface area contributed by atoms with Crippen LogP contribution in [0.25, 0.3) is 0 Å². The number of benzene rings is 1. The molecule has 1 aromatic rings. The molecule has 0 bridgehead atoms. The molecular formula is C28H45N3O7. The highest BCUT2D eigenvalue weighted by atomic mass is 16.6. The summed E-state index contributed by atoms with van der Waals surface area (Å²) in [6.45, 7) is 15.7. The van der Waals surface area contributed by atoms with Crippen LogP contribution in [0.3, 0.4) is 0 Å². The average molecular weight is 536 g/mol. The minimum absolute atomic E-state index is 0.0180. The molecule has 0 saturated heterocycles. The number of phenols is 1. The molecular weight excluding hydrogens is 490 g/mol. The Labute approximate surface area is 226 Å². The van der Waals surface area contributed by atoms with Gasteiger partial charge in [0.1, 0.15) is 30.0 Å². The first-order valence-electron chi connectivity index (χ1n) is 12.9. The van der Waals surface area contributed by atoms with E-state index in [4.69, 9.17) is 4.74 Å². The number of methoxy groups -OCH3 is 1. The highest BCUT2D eigenvalue weighted by Gasteiger charge is 2.44. The molecule has 0 heterocycles. The number of para-hydroxylation sites is 1. The third-order valence-electron chi connectivity index (χ3n) is 6.16. The number of alkyl carbamates (subject to hydrolysis) is 1. The number of nitrogens with one attached hydrogen (secondary N) is 2. The lowest BCUT2D eigenvalue weighted by Gasteiger charge is -2.45. The highest BCUT2D eigenvalue weighted by Crippen LogP contribution is 2.37. The van der Waals surface area contributed by atoms with Gasteiger partial charge in [0, 0.05) is 11.1 Å². The molecule has 2 atom stereocenters. The lowest BCUT2D eigenvalue weighted by atomic mass is 9.90. The zero-order chi connectivity index (χ0) is 29.4. The van der Waals surface area contributed by atoms with Crippen LogP contribution < -0.4 is 10.6 Å². The normalized spacial score (nSPS) is 13.3. The fourth-order valence-electron chi connectivity index (χ4n) is 3.88. The van der Waals surface area contributed by atoms with Gasteiger partial charge in [-0.3, -0.25) is 14.4 Å². The number of carbonyl (C=O) groups excluding carboxylic acids is 4. The van der Waals surface area contributed by atoms with Crippen molar-refractivity contribution in [3.63, 3.8) is 0 Å². The van der Waals surface area contributed by atoms with Crippen LogP contribution in [-0.2, 0) is 23.9 Å². The van der Waals surface area contributed by atoms with E-state index >= 15 is 0 Å². The molecule has 0 spiro atoms. The average Bonchev–Trinajstić information content (AvgIpc) is 2.80. The minimum Gasteiger partial charge on any atom is -0.507 e. The van der Waals surface area contributed by atoms with Crippen LogP contribution in [0.5, 0.6) is 5.75 Å². The van der Waals surface area contributed by atoms with Crippen LogP contribution in [0.1, 0.15) is 85.4 Å². The predicted molar refractivity (Wildman–Crippen MR) is 144 cm³/mol. The molecule has 0 aliphatic carbocycles. The molecule has 1 rings (SSSR count). The molecule has 2 unspecified atom stereocenters. The maximum absolute atomic E-state index is 14.3. The largest absolute Gasteiger partial charge is 0.507 e. The van der Waals surface area contributed by atoms with Crippen molar-refractivity contribution in [1.29, 1.82) is 0 Å². The summed E-state index contributed by atoms with van der Waals surface area (Å²) in [5.74, 6) is -1.98. The van der Waals surface area contributed by atoms with Crippen molar-refractivity contribution in [2.45, 2.75) is 98.4 Å². The van der Waals surface area contributed by atoms with Crippen LogP contribution >= 0.6 is 0 Å². The summed E-state index contributed by atoms with van der Waals surface area (Å²) < 4.78 is 10.1. The second kappa shape index (κ2) is 13.5. The smallest absolute Gasteiger partial charge is 0.408 e. The Kier molecular flexibility index (Phi) is 11.6. The molecule has 0 radical (unpaired) electrons. The van der Waals surface area contributed by atoms with Crippen molar-refractivity contribution in [3.8, 4) is 5.75 Å². The third-order valence-corrected chi connectivity index (χ3v) is 6.16. The van der Waals surface area contributed by atoms with Gasteiger partial charge in [-0.2, -0.15) is 0 Å². The Balaban J connectivity index is 3.72. The van der Waals surface area contributed by atoms with E-state index in [9.17, 15) is 24.3 Å². The molecule has 0 aliphatic rings. The van der Waals surface area contributed by atoms with Crippen molar-refractivity contribution < 1.29 is 33.8 Å². The monoisotopic (exact) mass is 535 g/mol. The summed E-state index contributed by atoms with van der Waals surface area (Å²) >= 11 is 0. The van der Waals surface area contributed by atoms with E-state index in [2.05, 4.69) is 15.4 Å². The topological polar surface area (TPSA) is 134 Å². The van der Waals surface area contributed by atoms with Crippen molar-refractivity contribution in [3.05, 3.63) is 29.3 Å². The number of rotatable bonds is 11. The van der Waals surface area contributed by atoms with Gasteiger partial charge in [-0.1, -0.05) is 39.0 Å². The lowest BCUT2D eigenvalue weighted by Crippen LogP contribution is -2.59. The number of ether oxygens (including phenoxy) is 2. The number of aromatic hydroxyl groups is 1. The number of nitrogens with zero attached hydrogens (tertiary/aromatic N) is 1. The van der Waals surface area contributed by atoms with Crippen LogP contribution in [0.4, 0.5) is 4.79 Å². The van der Waals surface area contributed by atoms with Crippen molar-refractivity contribution in [1.82, 2.24) is 15.5 Å². The van der Waals surface area contributed by atoms with Gasteiger partial charge in [0.05, 0.1) is 7.11 Å². The summed E-state index contributed by atoms with van der Waals surface area (Å²) in [4.78, 5) is 53.8. The summed E-state index contributed by atoms with van der Waals surface area (Å²) in [7, 11) is 1.20. The van der Waals surface area contributed by atoms with E-state index in [-0.39, 0.29) is 23.7 Å². The maximum atomic E-state index is 14.3. The van der Waals surface area contributed by atoms with E-state index in [0.717, 1.165) is 0 Å². The maximum Gasteiger partial charge on any atom is 0.408 e. The zero-order valence-corrected chi connectivity index (χ0v) is 24.4. The summed E-state index contributed by atoms with van der Waals surface area (Å²) in [6, 6.07) is 2.60. The summed E-state index contributed by atoms with van der Waals surface area (Å²) in [6.07, 6.45) is -0.0201. The number of hydrogen-bond acceptors (Lipinski definition) is 7. The number of carbonyl (C=O) groups is 4. The lowest BCUT2D eigenvalue weighted by molar-refractivity contribution is -0.150. The fourth-order valence-corrected chi connectivity index (χ4v) is 3.88. The van der Waals surface area contributed by atoms with Gasteiger partial charge in [-0.05, 0) is 65.9 Å². The molecule has 0 saturated carbocycles. The summed E-state index contributed by atoms with van der Waals surface area (Å²) in [5.41, 5.74) is -0.962. The first-order chi connectivity index (χ1) is 17.4. The molecule has 10 heteroatoms. The second-order valence-corrected chi connectivity index (χ2v) is 11.4. The van der Waals surface area contributed by atoms with E-state index < -0.39 is 53.6 Å². The van der Waals surface area contributed by atoms with Crippen LogP contribution in [0, 0.1) is 12.8 Å². The van der Waals surface area contributed by atoms with Crippen LogP contribution in [-0.4, -0.2) is 64.7 Å². The van der Waals surface area contributed by atoms with Gasteiger partial charge in [-0.25, -0.2) is 4.79 Å². The number of aryl methyl sites for hydroxylation is 1. The Bertz CT molecular complexity index is 999. The fraction of sp³-hybridized carbons (Fsp3) is 0.643. The number of amides is 3. The van der Waals surface area contributed by atoms with E-state index in [1.54, 1.807) is 59.7 Å². The van der Waals surface area contributed by atoms with Gasteiger partial charge in [0.2, 0.25) is 11.8 Å².